The molecule has 0 spiro atoms. The van der Waals surface area contributed by atoms with Crippen LogP contribution >= 0.6 is 0 Å². The van der Waals surface area contributed by atoms with E-state index in [1.807, 2.05) is 0 Å². The topological polar surface area (TPSA) is 89.8 Å². The lowest BCUT2D eigenvalue weighted by Gasteiger charge is -2.14. The molecule has 14 heavy (non-hydrogen) atoms. The van der Waals surface area contributed by atoms with E-state index >= 15 is 0 Å². The monoisotopic (exact) mass is 201 g/mol. The fourth-order valence-electron chi connectivity index (χ4n) is 1.92. The minimum atomic E-state index is -1.27. The van der Waals surface area contributed by atoms with E-state index in [0.29, 0.717) is 12.7 Å². The van der Waals surface area contributed by atoms with Crippen molar-refractivity contribution in [2.24, 2.45) is 5.92 Å². The molecule has 0 aliphatic carbocycles. The van der Waals surface area contributed by atoms with E-state index in [1.165, 1.54) is 0 Å². The van der Waals surface area contributed by atoms with Crippen molar-refractivity contribution in [2.75, 3.05) is 6.54 Å². The summed E-state index contributed by atoms with van der Waals surface area (Å²) in [4.78, 5) is 10.7. The van der Waals surface area contributed by atoms with Crippen LogP contribution in [0.4, 0.5) is 0 Å². The zero-order chi connectivity index (χ0) is 10.6. The van der Waals surface area contributed by atoms with Crippen molar-refractivity contribution in [2.45, 2.75) is 31.6 Å². The Morgan fingerprint density at radius 3 is 2.79 bits per heavy atom. The number of carboxylic acid groups (broad SMARTS) is 1. The number of nitrogens with one attached hydrogen (secondary N) is 1. The second-order valence-electron chi connectivity index (χ2n) is 3.73. The number of rotatable bonds is 5. The van der Waals surface area contributed by atoms with Crippen LogP contribution in [-0.4, -0.2) is 40.8 Å². The molecule has 5 nitrogen and oxygen atoms in total. The fourth-order valence-corrected chi connectivity index (χ4v) is 1.92. The smallest absolute Gasteiger partial charge is 0.451 e. The summed E-state index contributed by atoms with van der Waals surface area (Å²) in [6.07, 6.45) is 2.58. The second-order valence-corrected chi connectivity index (χ2v) is 3.73. The van der Waals surface area contributed by atoms with Gasteiger partial charge in [-0.25, -0.2) is 0 Å². The molecule has 80 valence electrons. The molecule has 0 aromatic carbocycles. The Labute approximate surface area is 83.3 Å². The van der Waals surface area contributed by atoms with Crippen molar-refractivity contribution >= 4 is 13.1 Å². The van der Waals surface area contributed by atoms with Gasteiger partial charge in [0, 0.05) is 0 Å². The van der Waals surface area contributed by atoms with Gasteiger partial charge < -0.3 is 20.5 Å². The standard InChI is InChI=1S/C8H16BNO4/c11-8(12)7-6(3-5-10-7)2-1-4-9(13)14/h6-7,10,13-14H,1-5H2,(H,11,12)/t6-,7-/m1/s1. The Kier molecular flexibility index (Phi) is 4.38. The maximum Gasteiger partial charge on any atom is 0.451 e. The van der Waals surface area contributed by atoms with Gasteiger partial charge in [-0.1, -0.05) is 6.42 Å². The zero-order valence-corrected chi connectivity index (χ0v) is 8.02. The first kappa shape index (κ1) is 11.5. The van der Waals surface area contributed by atoms with Crippen LogP contribution in [0.25, 0.3) is 0 Å². The van der Waals surface area contributed by atoms with Crippen molar-refractivity contribution in [1.82, 2.24) is 5.32 Å². The van der Waals surface area contributed by atoms with Crippen LogP contribution in [0, 0.1) is 5.92 Å². The largest absolute Gasteiger partial charge is 0.480 e. The molecule has 0 aromatic heterocycles. The summed E-state index contributed by atoms with van der Waals surface area (Å²) in [5.41, 5.74) is 0. The number of hydrogen-bond acceptors (Lipinski definition) is 4. The minimum absolute atomic E-state index is 0.131. The zero-order valence-electron chi connectivity index (χ0n) is 8.02. The van der Waals surface area contributed by atoms with Crippen molar-refractivity contribution in [3.63, 3.8) is 0 Å². The van der Waals surface area contributed by atoms with Crippen molar-refractivity contribution < 1.29 is 19.9 Å². The molecule has 1 fully saturated rings. The van der Waals surface area contributed by atoms with E-state index in [-0.39, 0.29) is 5.92 Å². The highest BCUT2D eigenvalue weighted by Crippen LogP contribution is 2.22. The molecule has 4 N–H and O–H groups in total. The Bertz CT molecular complexity index is 200. The molecule has 1 saturated heterocycles. The molecule has 1 aliphatic rings. The van der Waals surface area contributed by atoms with E-state index in [1.54, 1.807) is 0 Å². The third-order valence-electron chi connectivity index (χ3n) is 2.65. The average molecular weight is 201 g/mol. The van der Waals surface area contributed by atoms with Gasteiger partial charge in [0.25, 0.3) is 0 Å². The van der Waals surface area contributed by atoms with E-state index in [2.05, 4.69) is 5.32 Å². The number of hydrogen-bond donors (Lipinski definition) is 4. The third kappa shape index (κ3) is 3.28. The Morgan fingerprint density at radius 2 is 2.21 bits per heavy atom. The Balaban J connectivity index is 2.26. The molecule has 0 unspecified atom stereocenters. The second kappa shape index (κ2) is 5.33. The number of carbonyl (C=O) groups is 1. The first-order valence-corrected chi connectivity index (χ1v) is 4.93. The van der Waals surface area contributed by atoms with Crippen LogP contribution in [0.2, 0.25) is 6.32 Å². The van der Waals surface area contributed by atoms with Gasteiger partial charge >= 0.3 is 13.1 Å². The summed E-state index contributed by atoms with van der Waals surface area (Å²) in [6.45, 7) is 0.739. The van der Waals surface area contributed by atoms with Gasteiger partial charge in [-0.2, -0.15) is 0 Å². The quantitative estimate of drug-likeness (QED) is 0.441. The highest BCUT2D eigenvalue weighted by molar-refractivity contribution is 6.40. The predicted octanol–water partition coefficient (Wildman–Crippen LogP) is -0.698. The van der Waals surface area contributed by atoms with Gasteiger partial charge in [-0.05, 0) is 31.6 Å². The van der Waals surface area contributed by atoms with Crippen LogP contribution in [0.15, 0.2) is 0 Å². The van der Waals surface area contributed by atoms with Crippen LogP contribution in [0.5, 0.6) is 0 Å². The Hall–Kier alpha value is -0.585. The van der Waals surface area contributed by atoms with Gasteiger partial charge in [0.05, 0.1) is 0 Å². The van der Waals surface area contributed by atoms with Crippen LogP contribution in [0.1, 0.15) is 19.3 Å². The lowest BCUT2D eigenvalue weighted by molar-refractivity contribution is -0.140. The van der Waals surface area contributed by atoms with Crippen LogP contribution < -0.4 is 5.32 Å². The SMILES string of the molecule is O=C(O)[C@@H]1NCC[C@H]1CCCB(O)O. The van der Waals surface area contributed by atoms with E-state index < -0.39 is 19.1 Å². The number of carboxylic acids is 1. The lowest BCUT2D eigenvalue weighted by Crippen LogP contribution is -2.35. The fraction of sp³-hybridized carbons (Fsp3) is 0.875. The van der Waals surface area contributed by atoms with E-state index in [9.17, 15) is 4.79 Å². The highest BCUT2D eigenvalue weighted by atomic mass is 16.4. The minimum Gasteiger partial charge on any atom is -0.480 e. The summed E-state index contributed by atoms with van der Waals surface area (Å²) in [7, 11) is -1.27. The third-order valence-corrected chi connectivity index (χ3v) is 2.65. The molecule has 1 heterocycles. The maximum atomic E-state index is 10.7. The molecule has 0 radical (unpaired) electrons. The van der Waals surface area contributed by atoms with Gasteiger partial charge in [0.1, 0.15) is 6.04 Å². The molecule has 0 aromatic rings. The van der Waals surface area contributed by atoms with Crippen molar-refractivity contribution in [1.29, 1.82) is 0 Å². The van der Waals surface area contributed by atoms with Gasteiger partial charge in [0.2, 0.25) is 0 Å². The summed E-state index contributed by atoms with van der Waals surface area (Å²) >= 11 is 0. The first-order chi connectivity index (χ1) is 6.61. The summed E-state index contributed by atoms with van der Waals surface area (Å²) in [5, 5.41) is 29.0. The molecular formula is C8H16BNO4. The lowest BCUT2D eigenvalue weighted by atomic mass is 9.81. The summed E-state index contributed by atoms with van der Waals surface area (Å²) in [5.74, 6) is -0.678. The van der Waals surface area contributed by atoms with Gasteiger partial charge in [0.15, 0.2) is 0 Å². The molecule has 1 rings (SSSR count). The van der Waals surface area contributed by atoms with Gasteiger partial charge in [-0.15, -0.1) is 0 Å². The number of aliphatic carboxylic acids is 1. The highest BCUT2D eigenvalue weighted by Gasteiger charge is 2.31. The Morgan fingerprint density at radius 1 is 1.50 bits per heavy atom. The molecule has 0 amide bonds. The van der Waals surface area contributed by atoms with Crippen molar-refractivity contribution in [3.8, 4) is 0 Å². The first-order valence-electron chi connectivity index (χ1n) is 4.93. The molecule has 6 heteroatoms. The van der Waals surface area contributed by atoms with Gasteiger partial charge in [-0.3, -0.25) is 4.79 Å². The maximum absolute atomic E-state index is 10.7. The average Bonchev–Trinajstić information content (AvgIpc) is 2.51. The van der Waals surface area contributed by atoms with E-state index in [0.717, 1.165) is 19.4 Å². The van der Waals surface area contributed by atoms with Crippen LogP contribution in [-0.2, 0) is 4.79 Å². The predicted molar refractivity (Wildman–Crippen MR) is 51.8 cm³/mol. The summed E-state index contributed by atoms with van der Waals surface area (Å²) in [6, 6.07) is -0.453. The van der Waals surface area contributed by atoms with E-state index in [4.69, 9.17) is 15.2 Å². The normalized spacial score (nSPS) is 26.4. The molecule has 0 bridgehead atoms. The summed E-state index contributed by atoms with van der Waals surface area (Å²) < 4.78 is 0. The molecule has 2 atom stereocenters. The molecular weight excluding hydrogens is 185 g/mol. The molecule has 1 aliphatic heterocycles. The van der Waals surface area contributed by atoms with Crippen molar-refractivity contribution in [3.05, 3.63) is 0 Å². The molecule has 0 saturated carbocycles. The van der Waals surface area contributed by atoms with Crippen LogP contribution in [0.3, 0.4) is 0 Å².